The minimum Gasteiger partial charge on any atom is -0.385 e. The Kier molecular flexibility index (Phi) is 3.48. The molecule has 1 rings (SSSR count). The van der Waals surface area contributed by atoms with E-state index in [9.17, 15) is 19.8 Å². The van der Waals surface area contributed by atoms with Gasteiger partial charge in [-0.05, 0) is 6.07 Å². The van der Waals surface area contributed by atoms with E-state index in [1.807, 2.05) is 0 Å². The molecule has 80 valence electrons. The fraction of sp³-hybridized carbons (Fsp3) is 0.222. The molecule has 0 saturated heterocycles. The lowest BCUT2D eigenvalue weighted by atomic mass is 10.0. The molecule has 2 atom stereocenters. The lowest BCUT2D eigenvalue weighted by molar-refractivity contribution is -0.131. The lowest BCUT2D eigenvalue weighted by Crippen LogP contribution is -2.33. The first-order valence-electron chi connectivity index (χ1n) is 4.12. The van der Waals surface area contributed by atoms with Gasteiger partial charge in [0.05, 0.1) is 0 Å². The van der Waals surface area contributed by atoms with E-state index in [1.165, 1.54) is 18.5 Å². The highest BCUT2D eigenvalue weighted by atomic mass is 16.3. The molecule has 4 N–H and O–H groups in total. The summed E-state index contributed by atoms with van der Waals surface area (Å²) in [5.41, 5.74) is 5.20. The van der Waals surface area contributed by atoms with Gasteiger partial charge in [-0.3, -0.25) is 14.6 Å². The fourth-order valence-corrected chi connectivity index (χ4v) is 1.04. The van der Waals surface area contributed by atoms with Gasteiger partial charge in [0, 0.05) is 23.5 Å². The Hall–Kier alpha value is -1.79. The number of pyridine rings is 1. The van der Waals surface area contributed by atoms with Gasteiger partial charge in [-0.15, -0.1) is 0 Å². The highest BCUT2D eigenvalue weighted by Gasteiger charge is 2.23. The molecule has 0 aliphatic heterocycles. The summed E-state index contributed by atoms with van der Waals surface area (Å²) >= 11 is 0. The van der Waals surface area contributed by atoms with Gasteiger partial charge in [-0.25, -0.2) is 0 Å². The van der Waals surface area contributed by atoms with Gasteiger partial charge >= 0.3 is 0 Å². The third kappa shape index (κ3) is 2.58. The Morgan fingerprint density at radius 1 is 1.47 bits per heavy atom. The van der Waals surface area contributed by atoms with Crippen molar-refractivity contribution in [2.24, 2.45) is 5.73 Å². The second-order valence-electron chi connectivity index (χ2n) is 2.96. The maximum Gasteiger partial charge on any atom is 0.249 e. The molecule has 1 heterocycles. The van der Waals surface area contributed by atoms with Crippen molar-refractivity contribution < 1.29 is 19.8 Å². The van der Waals surface area contributed by atoms with Crippen LogP contribution < -0.4 is 5.73 Å². The third-order valence-corrected chi connectivity index (χ3v) is 1.85. The first-order chi connectivity index (χ1) is 7.06. The summed E-state index contributed by atoms with van der Waals surface area (Å²) in [7, 11) is 0. The molecule has 0 spiro atoms. The van der Waals surface area contributed by atoms with Gasteiger partial charge in [0.2, 0.25) is 5.91 Å². The van der Waals surface area contributed by atoms with Gasteiger partial charge in [-0.1, -0.05) is 0 Å². The van der Waals surface area contributed by atoms with Crippen LogP contribution in [0.1, 0.15) is 22.0 Å². The number of amides is 1. The Morgan fingerprint density at radius 3 is 2.67 bits per heavy atom. The van der Waals surface area contributed by atoms with Crippen molar-refractivity contribution in [3.8, 4) is 0 Å². The zero-order valence-corrected chi connectivity index (χ0v) is 7.70. The van der Waals surface area contributed by atoms with Gasteiger partial charge in [0.1, 0.15) is 6.10 Å². The number of rotatable bonds is 4. The van der Waals surface area contributed by atoms with Gasteiger partial charge < -0.3 is 15.9 Å². The minimum atomic E-state index is -1.71. The molecule has 6 nitrogen and oxygen atoms in total. The Bertz CT molecular complexity index is 380. The summed E-state index contributed by atoms with van der Waals surface area (Å²) in [4.78, 5) is 24.7. The van der Waals surface area contributed by atoms with Crippen molar-refractivity contribution in [2.75, 3.05) is 0 Å². The maximum absolute atomic E-state index is 10.6. The molecule has 0 aliphatic carbocycles. The number of aliphatic hydroxyl groups is 2. The second kappa shape index (κ2) is 4.63. The maximum atomic E-state index is 10.6. The zero-order valence-electron chi connectivity index (χ0n) is 7.70. The number of hydrogen-bond acceptors (Lipinski definition) is 5. The van der Waals surface area contributed by atoms with E-state index in [4.69, 9.17) is 5.73 Å². The van der Waals surface area contributed by atoms with Crippen LogP contribution in [0.4, 0.5) is 0 Å². The number of nitrogens with two attached hydrogens (primary N) is 1. The Labute approximate surface area is 85.4 Å². The van der Waals surface area contributed by atoms with Crippen LogP contribution in [0, 0.1) is 0 Å². The molecule has 1 aromatic rings. The number of aliphatic hydroxyl groups excluding tert-OH is 2. The normalized spacial score (nSPS) is 14.3. The van der Waals surface area contributed by atoms with E-state index in [0.717, 1.165) is 0 Å². The van der Waals surface area contributed by atoms with E-state index in [1.54, 1.807) is 0 Å². The third-order valence-electron chi connectivity index (χ3n) is 1.85. The van der Waals surface area contributed by atoms with Crippen LogP contribution in [0.3, 0.4) is 0 Å². The smallest absolute Gasteiger partial charge is 0.249 e. The summed E-state index contributed by atoms with van der Waals surface area (Å²) < 4.78 is 0. The van der Waals surface area contributed by atoms with Crippen molar-refractivity contribution in [1.29, 1.82) is 0 Å². The number of carbonyl (C=O) groups excluding carboxylic acids is 2. The van der Waals surface area contributed by atoms with Crippen molar-refractivity contribution in [3.63, 3.8) is 0 Å². The number of aldehydes is 1. The molecule has 15 heavy (non-hydrogen) atoms. The van der Waals surface area contributed by atoms with Crippen LogP contribution in [0.2, 0.25) is 0 Å². The Morgan fingerprint density at radius 2 is 2.13 bits per heavy atom. The summed E-state index contributed by atoms with van der Waals surface area (Å²) in [5, 5.41) is 18.6. The van der Waals surface area contributed by atoms with Crippen LogP contribution in [-0.4, -0.2) is 33.5 Å². The second-order valence-corrected chi connectivity index (χ2v) is 2.96. The van der Waals surface area contributed by atoms with E-state index < -0.39 is 18.1 Å². The number of nitrogens with zero attached hydrogens (tertiary/aromatic N) is 1. The predicted octanol–water partition coefficient (Wildman–Crippen LogP) is -1.23. The number of carbonyl (C=O) groups is 2. The first-order valence-corrected chi connectivity index (χ1v) is 4.12. The molecule has 0 radical (unpaired) electrons. The van der Waals surface area contributed by atoms with Crippen LogP contribution in [0.25, 0.3) is 0 Å². The monoisotopic (exact) mass is 210 g/mol. The van der Waals surface area contributed by atoms with Crippen LogP contribution >= 0.6 is 0 Å². The van der Waals surface area contributed by atoms with Gasteiger partial charge in [-0.2, -0.15) is 0 Å². The molecule has 0 aliphatic rings. The molecule has 0 saturated carbocycles. The summed E-state index contributed by atoms with van der Waals surface area (Å²) in [5.74, 6) is -1.04. The standard InChI is InChI=1S/C9H10N2O4/c10-9(15)8(14)7(13)6-1-5(4-12)2-11-3-6/h1-4,7-8,13-14H,(H2,10,15). The predicted molar refractivity (Wildman–Crippen MR) is 49.8 cm³/mol. The minimum absolute atomic E-state index is 0.158. The molecule has 6 heteroatoms. The molecule has 2 unspecified atom stereocenters. The molecule has 0 aromatic carbocycles. The van der Waals surface area contributed by atoms with Crippen LogP contribution in [0.15, 0.2) is 18.5 Å². The molecular weight excluding hydrogens is 200 g/mol. The lowest BCUT2D eigenvalue weighted by Gasteiger charge is -2.14. The number of primary amides is 1. The Balaban J connectivity index is 2.95. The summed E-state index contributed by atoms with van der Waals surface area (Å²) in [6, 6.07) is 1.32. The van der Waals surface area contributed by atoms with E-state index >= 15 is 0 Å². The van der Waals surface area contributed by atoms with E-state index in [0.29, 0.717) is 6.29 Å². The molecule has 1 amide bonds. The summed E-state index contributed by atoms with van der Waals surface area (Å²) in [6.07, 6.45) is -0.118. The van der Waals surface area contributed by atoms with Crippen molar-refractivity contribution in [3.05, 3.63) is 29.6 Å². The van der Waals surface area contributed by atoms with Crippen molar-refractivity contribution in [2.45, 2.75) is 12.2 Å². The highest BCUT2D eigenvalue weighted by molar-refractivity contribution is 5.79. The largest absolute Gasteiger partial charge is 0.385 e. The highest BCUT2D eigenvalue weighted by Crippen LogP contribution is 2.16. The molecule has 0 bridgehead atoms. The average Bonchev–Trinajstić information content (AvgIpc) is 2.27. The van der Waals surface area contributed by atoms with Crippen LogP contribution in [0.5, 0.6) is 0 Å². The van der Waals surface area contributed by atoms with Gasteiger partial charge in [0.15, 0.2) is 12.4 Å². The topological polar surface area (TPSA) is 114 Å². The van der Waals surface area contributed by atoms with Gasteiger partial charge in [0.25, 0.3) is 0 Å². The molecule has 1 aromatic heterocycles. The van der Waals surface area contributed by atoms with E-state index in [-0.39, 0.29) is 11.1 Å². The average molecular weight is 210 g/mol. The van der Waals surface area contributed by atoms with Crippen LogP contribution in [-0.2, 0) is 4.79 Å². The van der Waals surface area contributed by atoms with E-state index in [2.05, 4.69) is 4.98 Å². The van der Waals surface area contributed by atoms with Crippen molar-refractivity contribution in [1.82, 2.24) is 4.98 Å². The quantitative estimate of drug-likeness (QED) is 0.538. The fourth-order valence-electron chi connectivity index (χ4n) is 1.04. The van der Waals surface area contributed by atoms with Crippen molar-refractivity contribution >= 4 is 12.2 Å². The molecular formula is C9H10N2O4. The SMILES string of the molecule is NC(=O)C(O)C(O)c1cncc(C=O)c1. The zero-order chi connectivity index (χ0) is 11.4. The first kappa shape index (κ1) is 11.3. The number of hydrogen-bond donors (Lipinski definition) is 3. The number of aromatic nitrogens is 1. The molecule has 0 fully saturated rings. The summed E-state index contributed by atoms with van der Waals surface area (Å²) in [6.45, 7) is 0.